The van der Waals surface area contributed by atoms with Gasteiger partial charge in [0.15, 0.2) is 9.84 Å². The molecular formula is C17H24N2O3S. The predicted octanol–water partition coefficient (Wildman–Crippen LogP) is 3.24. The molecule has 0 aliphatic heterocycles. The minimum Gasteiger partial charge on any atom is -0.338 e. The Morgan fingerprint density at radius 3 is 2.70 bits per heavy atom. The fourth-order valence-electron chi connectivity index (χ4n) is 2.69. The molecule has 0 heterocycles. The van der Waals surface area contributed by atoms with E-state index in [-0.39, 0.29) is 11.8 Å². The first-order chi connectivity index (χ1) is 10.9. The zero-order valence-corrected chi connectivity index (χ0v) is 14.3. The van der Waals surface area contributed by atoms with Crippen molar-refractivity contribution in [1.29, 1.82) is 0 Å². The second-order valence-electron chi connectivity index (χ2n) is 5.97. The molecule has 0 bridgehead atoms. The first-order valence-corrected chi connectivity index (χ1v) is 9.98. The Balaban J connectivity index is 1.86. The van der Waals surface area contributed by atoms with Crippen LogP contribution in [0.3, 0.4) is 0 Å². The zero-order valence-electron chi connectivity index (χ0n) is 13.5. The standard InChI is InChI=1S/C17H24N2O3S/c1-23(21,22)13-15-9-5-6-10-16(15)19-17(20)18-12-11-14-7-3-2-4-8-14/h5-7,9-10H,2-4,8,11-13H2,1H3,(H2,18,19,20). The summed E-state index contributed by atoms with van der Waals surface area (Å²) in [6.45, 7) is 0.589. The van der Waals surface area contributed by atoms with E-state index in [1.165, 1.54) is 24.7 Å². The molecule has 2 N–H and O–H groups in total. The summed E-state index contributed by atoms with van der Waals surface area (Å²) in [5, 5.41) is 5.57. The quantitative estimate of drug-likeness (QED) is 0.783. The monoisotopic (exact) mass is 336 g/mol. The maximum Gasteiger partial charge on any atom is 0.319 e. The van der Waals surface area contributed by atoms with Crippen molar-refractivity contribution in [2.45, 2.75) is 37.9 Å². The van der Waals surface area contributed by atoms with E-state index in [2.05, 4.69) is 16.7 Å². The number of allylic oxidation sites excluding steroid dienone is 1. The maximum absolute atomic E-state index is 12.0. The normalized spacial score (nSPS) is 14.9. The van der Waals surface area contributed by atoms with Gasteiger partial charge in [-0.05, 0) is 43.7 Å². The fourth-order valence-corrected chi connectivity index (χ4v) is 3.50. The van der Waals surface area contributed by atoms with Crippen molar-refractivity contribution in [2.24, 2.45) is 0 Å². The molecule has 1 aromatic carbocycles. The van der Waals surface area contributed by atoms with Gasteiger partial charge < -0.3 is 10.6 Å². The van der Waals surface area contributed by atoms with Gasteiger partial charge in [0.25, 0.3) is 0 Å². The third kappa shape index (κ3) is 6.44. The van der Waals surface area contributed by atoms with E-state index < -0.39 is 9.84 Å². The number of para-hydroxylation sites is 1. The highest BCUT2D eigenvalue weighted by molar-refractivity contribution is 7.89. The molecule has 0 fully saturated rings. The summed E-state index contributed by atoms with van der Waals surface area (Å²) >= 11 is 0. The molecule has 23 heavy (non-hydrogen) atoms. The molecule has 0 unspecified atom stereocenters. The van der Waals surface area contributed by atoms with Crippen molar-refractivity contribution in [3.05, 3.63) is 41.5 Å². The van der Waals surface area contributed by atoms with Crippen LogP contribution in [0, 0.1) is 0 Å². The van der Waals surface area contributed by atoms with E-state index in [4.69, 9.17) is 0 Å². The number of benzene rings is 1. The van der Waals surface area contributed by atoms with E-state index in [1.54, 1.807) is 24.3 Å². The molecule has 5 nitrogen and oxygen atoms in total. The summed E-state index contributed by atoms with van der Waals surface area (Å²) < 4.78 is 22.9. The number of urea groups is 1. The first-order valence-electron chi connectivity index (χ1n) is 7.92. The molecule has 1 aliphatic rings. The molecule has 1 aliphatic carbocycles. The minimum absolute atomic E-state index is 0.0870. The van der Waals surface area contributed by atoms with Gasteiger partial charge in [0.2, 0.25) is 0 Å². The molecule has 0 atom stereocenters. The molecule has 0 aromatic heterocycles. The fraction of sp³-hybridized carbons (Fsp3) is 0.471. The number of hydrogen-bond donors (Lipinski definition) is 2. The second kappa shape index (κ2) is 8.15. The number of sulfone groups is 1. The van der Waals surface area contributed by atoms with Crippen LogP contribution >= 0.6 is 0 Å². The molecule has 6 heteroatoms. The lowest BCUT2D eigenvalue weighted by atomic mass is 9.97. The van der Waals surface area contributed by atoms with E-state index in [9.17, 15) is 13.2 Å². The summed E-state index contributed by atoms with van der Waals surface area (Å²) in [7, 11) is -3.15. The molecule has 1 aromatic rings. The predicted molar refractivity (Wildman–Crippen MR) is 93.2 cm³/mol. The number of anilines is 1. The smallest absolute Gasteiger partial charge is 0.319 e. The van der Waals surface area contributed by atoms with Crippen LogP contribution in [-0.4, -0.2) is 27.2 Å². The summed E-state index contributed by atoms with van der Waals surface area (Å²) in [5.74, 6) is -0.0870. The van der Waals surface area contributed by atoms with Gasteiger partial charge in [0, 0.05) is 18.5 Å². The second-order valence-corrected chi connectivity index (χ2v) is 8.11. The molecule has 2 amide bonds. The van der Waals surface area contributed by atoms with Gasteiger partial charge >= 0.3 is 6.03 Å². The van der Waals surface area contributed by atoms with Crippen molar-refractivity contribution in [3.8, 4) is 0 Å². The summed E-state index contributed by atoms with van der Waals surface area (Å²) in [5.41, 5.74) is 2.54. The number of hydrogen-bond acceptors (Lipinski definition) is 3. The van der Waals surface area contributed by atoms with Crippen LogP contribution in [0.5, 0.6) is 0 Å². The van der Waals surface area contributed by atoms with Gasteiger partial charge in [-0.25, -0.2) is 13.2 Å². The topological polar surface area (TPSA) is 75.3 Å². The third-order valence-corrected chi connectivity index (χ3v) is 4.64. The van der Waals surface area contributed by atoms with Crippen LogP contribution in [0.15, 0.2) is 35.9 Å². The SMILES string of the molecule is CS(=O)(=O)Cc1ccccc1NC(=O)NCCC1=CCCCC1. The molecule has 0 saturated carbocycles. The van der Waals surface area contributed by atoms with E-state index in [1.807, 2.05) is 0 Å². The van der Waals surface area contributed by atoms with Gasteiger partial charge in [-0.2, -0.15) is 0 Å². The van der Waals surface area contributed by atoms with Crippen molar-refractivity contribution in [1.82, 2.24) is 5.32 Å². The summed E-state index contributed by atoms with van der Waals surface area (Å²) in [4.78, 5) is 12.0. The third-order valence-electron chi connectivity index (χ3n) is 3.80. The Morgan fingerprint density at radius 2 is 2.00 bits per heavy atom. The number of amides is 2. The van der Waals surface area contributed by atoms with Gasteiger partial charge in [-0.3, -0.25) is 0 Å². The molecule has 0 radical (unpaired) electrons. The highest BCUT2D eigenvalue weighted by Gasteiger charge is 2.11. The Kier molecular flexibility index (Phi) is 6.21. The highest BCUT2D eigenvalue weighted by atomic mass is 32.2. The largest absolute Gasteiger partial charge is 0.338 e. The minimum atomic E-state index is -3.15. The van der Waals surface area contributed by atoms with Gasteiger partial charge in [-0.1, -0.05) is 29.8 Å². The van der Waals surface area contributed by atoms with Crippen LogP contribution in [-0.2, 0) is 15.6 Å². The van der Waals surface area contributed by atoms with Crippen molar-refractivity contribution < 1.29 is 13.2 Å². The molecule has 0 saturated heterocycles. The Labute approximate surface area is 138 Å². The van der Waals surface area contributed by atoms with E-state index in [0.717, 1.165) is 19.3 Å². The maximum atomic E-state index is 12.0. The van der Waals surface area contributed by atoms with Crippen LogP contribution in [0.1, 0.15) is 37.7 Å². The molecule has 126 valence electrons. The first kappa shape index (κ1) is 17.5. The van der Waals surface area contributed by atoms with E-state index in [0.29, 0.717) is 17.8 Å². The van der Waals surface area contributed by atoms with Crippen molar-refractivity contribution >= 4 is 21.6 Å². The Hall–Kier alpha value is -1.82. The number of nitrogens with one attached hydrogen (secondary N) is 2. The molecule has 0 spiro atoms. The average Bonchev–Trinajstić information content (AvgIpc) is 2.49. The highest BCUT2D eigenvalue weighted by Crippen LogP contribution is 2.20. The Morgan fingerprint density at radius 1 is 1.22 bits per heavy atom. The van der Waals surface area contributed by atoms with Gasteiger partial charge in [-0.15, -0.1) is 0 Å². The lowest BCUT2D eigenvalue weighted by Crippen LogP contribution is -2.30. The molecular weight excluding hydrogens is 312 g/mol. The van der Waals surface area contributed by atoms with Gasteiger partial charge in [0.1, 0.15) is 0 Å². The summed E-state index contributed by atoms with van der Waals surface area (Å²) in [6.07, 6.45) is 9.08. The number of rotatable bonds is 6. The van der Waals surface area contributed by atoms with Gasteiger partial charge in [0.05, 0.1) is 5.75 Å². The van der Waals surface area contributed by atoms with Crippen molar-refractivity contribution in [3.63, 3.8) is 0 Å². The van der Waals surface area contributed by atoms with Crippen LogP contribution in [0.4, 0.5) is 10.5 Å². The molecule has 2 rings (SSSR count). The Bertz CT molecular complexity index is 681. The number of carbonyl (C=O) groups is 1. The van der Waals surface area contributed by atoms with Crippen LogP contribution in [0.25, 0.3) is 0 Å². The lowest BCUT2D eigenvalue weighted by Gasteiger charge is -2.14. The van der Waals surface area contributed by atoms with Crippen LogP contribution in [0.2, 0.25) is 0 Å². The van der Waals surface area contributed by atoms with Crippen molar-refractivity contribution in [2.75, 3.05) is 18.1 Å². The van der Waals surface area contributed by atoms with Crippen LogP contribution < -0.4 is 10.6 Å². The summed E-state index contributed by atoms with van der Waals surface area (Å²) in [6, 6.07) is 6.66. The lowest BCUT2D eigenvalue weighted by molar-refractivity contribution is 0.252. The average molecular weight is 336 g/mol. The van der Waals surface area contributed by atoms with E-state index >= 15 is 0 Å². The number of carbonyl (C=O) groups excluding carboxylic acids is 1. The zero-order chi connectivity index (χ0) is 16.7.